The molecule has 4 heteroatoms. The molecule has 0 aromatic heterocycles. The summed E-state index contributed by atoms with van der Waals surface area (Å²) in [6, 6.07) is 30.8. The SMILES string of the molecule is CC(C)c1cc(C(C)C)c(P(c2c(C(C)C)cc(N=Nc3cc(C(C)C)c(P(c4c(C(C)C)cc(C(C)C)cc4C(C)C)c4c(C(C)C)cc(C(C)C)cc4C(C)C)c(C(C)C)c3)cc2C(C)C)c2c(C(C)C)cc(C(C)C)cc2C(C)C)c(C(C)C)c1. The van der Waals surface area contributed by atoms with Crippen LogP contribution in [-0.4, -0.2) is 0 Å². The van der Waals surface area contributed by atoms with Gasteiger partial charge >= 0.3 is 0 Å². The Bertz CT molecular complexity index is 2850. The van der Waals surface area contributed by atoms with E-state index in [0.29, 0.717) is 71.0 Å². The number of azo groups is 1. The quantitative estimate of drug-likeness (QED) is 0.0426. The summed E-state index contributed by atoms with van der Waals surface area (Å²) in [5.74, 6) is 5.51. The second-order valence-electron chi connectivity index (χ2n) is 31.5. The van der Waals surface area contributed by atoms with Crippen LogP contribution in [0.4, 0.5) is 11.4 Å². The molecule has 0 saturated heterocycles. The molecule has 0 atom stereocenters. The highest BCUT2D eigenvalue weighted by atomic mass is 31.1. The third-order valence-electron chi connectivity index (χ3n) is 18.8. The van der Waals surface area contributed by atoms with E-state index >= 15 is 0 Å². The minimum absolute atomic E-state index is 0.244. The van der Waals surface area contributed by atoms with Crippen LogP contribution in [0, 0.1) is 0 Å². The van der Waals surface area contributed by atoms with Crippen molar-refractivity contribution in [3.63, 3.8) is 0 Å². The molecule has 0 aliphatic rings. The lowest BCUT2D eigenvalue weighted by atomic mass is 9.89. The maximum Gasteiger partial charge on any atom is 0.0863 e. The molecule has 0 fully saturated rings. The molecular weight excluding hydrogens is 1100 g/mol. The van der Waals surface area contributed by atoms with E-state index in [-0.39, 0.29) is 23.7 Å². The predicted octanol–water partition coefficient (Wildman–Crippen LogP) is 25.6. The average Bonchev–Trinajstić information content (AvgIpc) is 3.43. The van der Waals surface area contributed by atoms with Crippen molar-refractivity contribution in [1.29, 1.82) is 0 Å². The number of rotatable bonds is 24. The monoisotopic (exact) mass is 1220 g/mol. The van der Waals surface area contributed by atoms with Crippen molar-refractivity contribution < 1.29 is 0 Å². The van der Waals surface area contributed by atoms with Crippen molar-refractivity contribution in [2.75, 3.05) is 0 Å². The number of hydrogen-bond donors (Lipinski definition) is 0. The van der Waals surface area contributed by atoms with Gasteiger partial charge in [0.25, 0.3) is 0 Å². The number of nitrogens with zero attached hydrogens (tertiary/aromatic N) is 2. The molecule has 6 aromatic rings. The van der Waals surface area contributed by atoms with E-state index in [1.165, 1.54) is 99.6 Å². The van der Waals surface area contributed by atoms with Gasteiger partial charge in [0.1, 0.15) is 0 Å². The fourth-order valence-electron chi connectivity index (χ4n) is 13.2. The molecule has 0 heterocycles. The van der Waals surface area contributed by atoms with Gasteiger partial charge in [0, 0.05) is 0 Å². The third-order valence-corrected chi connectivity index (χ3v) is 24.6. The Morgan fingerprint density at radius 1 is 0.170 bits per heavy atom. The lowest BCUT2D eigenvalue weighted by Crippen LogP contribution is -2.35. The van der Waals surface area contributed by atoms with Gasteiger partial charge in [-0.2, -0.15) is 10.2 Å². The lowest BCUT2D eigenvalue weighted by molar-refractivity contribution is 0.810. The second-order valence-corrected chi connectivity index (χ2v) is 35.5. The Morgan fingerprint density at radius 2 is 0.284 bits per heavy atom. The number of hydrogen-bond acceptors (Lipinski definition) is 2. The Morgan fingerprint density at radius 3 is 0.386 bits per heavy atom. The smallest absolute Gasteiger partial charge is 0.0863 e. The summed E-state index contributed by atoms with van der Waals surface area (Å²) in [4.78, 5) is 0. The summed E-state index contributed by atoms with van der Waals surface area (Å²) in [6.45, 7) is 77.5. The second kappa shape index (κ2) is 30.0. The molecule has 6 rings (SSSR count). The van der Waals surface area contributed by atoms with Gasteiger partial charge in [-0.25, -0.2) is 0 Å². The van der Waals surface area contributed by atoms with E-state index in [2.05, 4.69) is 294 Å². The first-order valence-electron chi connectivity index (χ1n) is 35.0. The van der Waals surface area contributed by atoms with Crippen LogP contribution in [-0.2, 0) is 0 Å². The Balaban J connectivity index is 1.80. The summed E-state index contributed by atoms with van der Waals surface area (Å²) in [6.07, 6.45) is 0. The van der Waals surface area contributed by atoms with Gasteiger partial charge in [0.05, 0.1) is 11.4 Å². The summed E-state index contributed by atoms with van der Waals surface area (Å²) in [5, 5.41) is 20.4. The van der Waals surface area contributed by atoms with E-state index in [0.717, 1.165) is 11.4 Å². The molecule has 2 nitrogen and oxygen atoms in total. The molecule has 0 aliphatic heterocycles. The molecule has 0 amide bonds. The predicted molar refractivity (Wildman–Crippen MR) is 400 cm³/mol. The molecule has 0 unspecified atom stereocenters. The maximum atomic E-state index is 5.48. The summed E-state index contributed by atoms with van der Waals surface area (Å²) >= 11 is 0. The fraction of sp³-hybridized carbons (Fsp3) is 0.571. The van der Waals surface area contributed by atoms with Gasteiger partial charge in [0.15, 0.2) is 0 Å². The van der Waals surface area contributed by atoms with Crippen LogP contribution in [0.5, 0.6) is 0 Å². The van der Waals surface area contributed by atoms with Crippen LogP contribution < -0.4 is 31.8 Å². The van der Waals surface area contributed by atoms with E-state index in [9.17, 15) is 0 Å². The standard InChI is InChI=1S/C84H124N2P2/c1-45(2)61-33-67(49(9)10)79(68(34-61)50(11)12)87(80-69(51(13)14)35-62(46(3)4)36-70(80)52(15)16)83-75(57(25)26)41-65(42-76(83)58(27)28)85-86-66-43-77(59(29)30)84(78(44-66)60(31)32)88(81-71(53(17)18)37-63(47(5)6)38-72(81)54(19)20)82-73(55(21)22)39-64(48(7)8)40-74(82)56(23)24/h33-60H,1-32H3. The molecule has 0 spiro atoms. The molecule has 88 heavy (non-hydrogen) atoms. The van der Waals surface area contributed by atoms with E-state index in [1.807, 2.05) is 0 Å². The topological polar surface area (TPSA) is 24.7 Å². The highest BCUT2D eigenvalue weighted by Crippen LogP contribution is 2.52. The van der Waals surface area contributed by atoms with Gasteiger partial charge < -0.3 is 0 Å². The molecular formula is C84H124N2P2. The highest BCUT2D eigenvalue weighted by Gasteiger charge is 2.38. The summed E-state index contributed by atoms with van der Waals surface area (Å²) in [5.41, 5.74) is 25.4. The van der Waals surface area contributed by atoms with Crippen molar-refractivity contribution in [3.05, 3.63) is 162 Å². The van der Waals surface area contributed by atoms with Crippen LogP contribution in [0.2, 0.25) is 0 Å². The minimum atomic E-state index is -1.07. The minimum Gasteiger partial charge on any atom is -0.151 e. The molecule has 0 saturated carbocycles. The average molecular weight is 1220 g/mol. The molecule has 0 aliphatic carbocycles. The highest BCUT2D eigenvalue weighted by molar-refractivity contribution is 7.80. The zero-order valence-corrected chi connectivity index (χ0v) is 63.7. The first-order valence-corrected chi connectivity index (χ1v) is 37.7. The zero-order chi connectivity index (χ0) is 66.1. The third kappa shape index (κ3) is 15.6. The molecule has 0 N–H and O–H groups in total. The molecule has 6 aromatic carbocycles. The van der Waals surface area contributed by atoms with Crippen molar-refractivity contribution >= 4 is 59.0 Å². The fourth-order valence-corrected chi connectivity index (χ4v) is 21.5. The molecule has 0 bridgehead atoms. The van der Waals surface area contributed by atoms with Crippen molar-refractivity contribution in [3.8, 4) is 0 Å². The molecule has 0 radical (unpaired) electrons. The van der Waals surface area contributed by atoms with E-state index < -0.39 is 15.8 Å². The van der Waals surface area contributed by atoms with Crippen LogP contribution in [0.25, 0.3) is 0 Å². The van der Waals surface area contributed by atoms with Gasteiger partial charge in [-0.05, 0) is 256 Å². The van der Waals surface area contributed by atoms with Crippen LogP contribution in [0.15, 0.2) is 83.0 Å². The van der Waals surface area contributed by atoms with E-state index in [4.69, 9.17) is 10.2 Å². The van der Waals surface area contributed by atoms with Crippen molar-refractivity contribution in [2.45, 2.75) is 316 Å². The van der Waals surface area contributed by atoms with E-state index in [1.54, 1.807) is 21.2 Å². The van der Waals surface area contributed by atoms with Gasteiger partial charge in [-0.3, -0.25) is 0 Å². The molecule has 480 valence electrons. The van der Waals surface area contributed by atoms with Crippen LogP contribution >= 0.6 is 15.8 Å². The van der Waals surface area contributed by atoms with Crippen molar-refractivity contribution in [1.82, 2.24) is 0 Å². The Labute approximate surface area is 544 Å². The zero-order valence-electron chi connectivity index (χ0n) is 62.0. The van der Waals surface area contributed by atoms with Gasteiger partial charge in [0.2, 0.25) is 0 Å². The van der Waals surface area contributed by atoms with Crippen molar-refractivity contribution in [2.24, 2.45) is 10.2 Å². The number of benzene rings is 6. The lowest BCUT2D eigenvalue weighted by Gasteiger charge is -2.37. The van der Waals surface area contributed by atoms with Crippen LogP contribution in [0.3, 0.4) is 0 Å². The van der Waals surface area contributed by atoms with Crippen LogP contribution in [0.1, 0.15) is 405 Å². The largest absolute Gasteiger partial charge is 0.151 e. The Kier molecular flexibility index (Phi) is 24.9. The van der Waals surface area contributed by atoms with Gasteiger partial charge in [-0.15, -0.1) is 0 Å². The first kappa shape index (κ1) is 72.8. The van der Waals surface area contributed by atoms with Gasteiger partial charge in [-0.1, -0.05) is 270 Å². The summed E-state index contributed by atoms with van der Waals surface area (Å²) in [7, 11) is -2.15. The summed E-state index contributed by atoms with van der Waals surface area (Å²) < 4.78 is 0. The Hall–Kier alpha value is -4.22. The first-order chi connectivity index (χ1) is 40.9. The maximum absolute atomic E-state index is 5.48. The normalized spacial score (nSPS) is 13.0.